The third-order valence-electron chi connectivity index (χ3n) is 3.67. The second kappa shape index (κ2) is 5.70. The molecular weight excluding hydrogens is 256 g/mol. The van der Waals surface area contributed by atoms with Crippen LogP contribution in [0.2, 0.25) is 0 Å². The van der Waals surface area contributed by atoms with Crippen LogP contribution in [0.25, 0.3) is 0 Å². The van der Waals surface area contributed by atoms with Crippen molar-refractivity contribution in [2.24, 2.45) is 11.1 Å². The van der Waals surface area contributed by atoms with Crippen molar-refractivity contribution in [2.75, 3.05) is 5.32 Å². The highest BCUT2D eigenvalue weighted by molar-refractivity contribution is 7.80. The van der Waals surface area contributed by atoms with E-state index in [-0.39, 0.29) is 10.9 Å². The normalized spacial score (nSPS) is 13.7. The number of nitrogens with two attached hydrogens (primary N) is 1. The molecule has 0 heterocycles. The van der Waals surface area contributed by atoms with Gasteiger partial charge in [-0.1, -0.05) is 36.8 Å². The first-order valence-corrected chi connectivity index (χ1v) is 6.82. The number of anilines is 1. The van der Waals surface area contributed by atoms with E-state index in [9.17, 15) is 4.79 Å². The average Bonchev–Trinajstić information content (AvgIpc) is 2.31. The maximum atomic E-state index is 12.4. The predicted molar refractivity (Wildman–Crippen MR) is 84.5 cm³/mol. The van der Waals surface area contributed by atoms with Gasteiger partial charge in [0.05, 0.1) is 10.4 Å². The van der Waals surface area contributed by atoms with Crippen LogP contribution in [-0.4, -0.2) is 10.9 Å². The van der Waals surface area contributed by atoms with Gasteiger partial charge in [-0.05, 0) is 45.2 Å². The van der Waals surface area contributed by atoms with Crippen molar-refractivity contribution in [1.29, 1.82) is 0 Å². The molecule has 0 aliphatic heterocycles. The highest BCUT2D eigenvalue weighted by atomic mass is 32.1. The molecule has 1 aromatic carbocycles. The van der Waals surface area contributed by atoms with Crippen molar-refractivity contribution in [3.05, 3.63) is 28.8 Å². The molecule has 0 spiro atoms. The van der Waals surface area contributed by atoms with Gasteiger partial charge in [-0.25, -0.2) is 0 Å². The topological polar surface area (TPSA) is 55.1 Å². The number of nitrogens with one attached hydrogen (secondary N) is 1. The van der Waals surface area contributed by atoms with Gasteiger partial charge in [0.25, 0.3) is 0 Å². The van der Waals surface area contributed by atoms with Crippen LogP contribution in [0.15, 0.2) is 12.1 Å². The maximum Gasteiger partial charge on any atom is 0.237 e. The molecular formula is C15H22N2OS. The third kappa shape index (κ3) is 3.13. The van der Waals surface area contributed by atoms with E-state index in [1.165, 1.54) is 5.56 Å². The lowest BCUT2D eigenvalue weighted by Crippen LogP contribution is -2.43. The van der Waals surface area contributed by atoms with Gasteiger partial charge in [-0.2, -0.15) is 0 Å². The Balaban J connectivity index is 3.10. The number of thiocarbonyl (C=S) groups is 1. The van der Waals surface area contributed by atoms with E-state index in [1.54, 1.807) is 6.92 Å². The molecule has 3 N–H and O–H groups in total. The fourth-order valence-corrected chi connectivity index (χ4v) is 2.31. The van der Waals surface area contributed by atoms with E-state index >= 15 is 0 Å². The quantitative estimate of drug-likeness (QED) is 0.831. The van der Waals surface area contributed by atoms with Crippen LogP contribution >= 0.6 is 12.2 Å². The van der Waals surface area contributed by atoms with Gasteiger partial charge in [0.1, 0.15) is 0 Å². The smallest absolute Gasteiger partial charge is 0.237 e. The number of benzene rings is 1. The zero-order valence-corrected chi connectivity index (χ0v) is 13.1. The number of aryl methyl sites for hydroxylation is 3. The fourth-order valence-electron chi connectivity index (χ4n) is 2.08. The first-order valence-electron chi connectivity index (χ1n) is 6.41. The van der Waals surface area contributed by atoms with Gasteiger partial charge in [-0.15, -0.1) is 0 Å². The number of carbonyl (C=O) groups excluding carboxylic acids is 1. The molecule has 1 amide bonds. The summed E-state index contributed by atoms with van der Waals surface area (Å²) >= 11 is 5.03. The predicted octanol–water partition coefficient (Wildman–Crippen LogP) is 3.25. The highest BCUT2D eigenvalue weighted by Gasteiger charge is 2.34. The first kappa shape index (κ1) is 15.6. The Morgan fingerprint density at radius 3 is 2.16 bits per heavy atom. The summed E-state index contributed by atoms with van der Waals surface area (Å²) in [6.07, 6.45) is 0.581. The molecule has 19 heavy (non-hydrogen) atoms. The molecule has 0 saturated carbocycles. The second-order valence-corrected chi connectivity index (χ2v) is 5.72. The zero-order valence-electron chi connectivity index (χ0n) is 12.3. The minimum Gasteiger partial charge on any atom is -0.392 e. The molecule has 1 aromatic rings. The number of amides is 1. The van der Waals surface area contributed by atoms with Crippen molar-refractivity contribution < 1.29 is 4.79 Å². The summed E-state index contributed by atoms with van der Waals surface area (Å²) in [5.41, 5.74) is 9.03. The van der Waals surface area contributed by atoms with Gasteiger partial charge in [0, 0.05) is 5.69 Å². The Hall–Kier alpha value is -1.42. The third-order valence-corrected chi connectivity index (χ3v) is 4.12. The summed E-state index contributed by atoms with van der Waals surface area (Å²) in [4.78, 5) is 12.6. The summed E-state index contributed by atoms with van der Waals surface area (Å²) < 4.78 is 0. The first-order chi connectivity index (χ1) is 8.72. The van der Waals surface area contributed by atoms with Crippen LogP contribution in [-0.2, 0) is 4.79 Å². The van der Waals surface area contributed by atoms with E-state index in [0.717, 1.165) is 16.8 Å². The Morgan fingerprint density at radius 2 is 1.79 bits per heavy atom. The number of rotatable bonds is 4. The molecule has 104 valence electrons. The van der Waals surface area contributed by atoms with Gasteiger partial charge in [0.2, 0.25) is 5.91 Å². The van der Waals surface area contributed by atoms with Gasteiger partial charge >= 0.3 is 0 Å². The number of carbonyl (C=O) groups is 1. The molecule has 1 unspecified atom stereocenters. The molecule has 4 heteroatoms. The van der Waals surface area contributed by atoms with E-state index in [1.807, 2.05) is 39.8 Å². The van der Waals surface area contributed by atoms with Crippen molar-refractivity contribution in [2.45, 2.75) is 41.0 Å². The van der Waals surface area contributed by atoms with E-state index in [2.05, 4.69) is 5.32 Å². The van der Waals surface area contributed by atoms with Crippen LogP contribution in [0.1, 0.15) is 37.0 Å². The van der Waals surface area contributed by atoms with Crippen molar-refractivity contribution >= 4 is 28.8 Å². The van der Waals surface area contributed by atoms with Crippen LogP contribution in [0.3, 0.4) is 0 Å². The van der Waals surface area contributed by atoms with Gasteiger partial charge in [-0.3, -0.25) is 4.79 Å². The highest BCUT2D eigenvalue weighted by Crippen LogP contribution is 2.27. The summed E-state index contributed by atoms with van der Waals surface area (Å²) in [6.45, 7) is 9.70. The van der Waals surface area contributed by atoms with Gasteiger partial charge in [0.15, 0.2) is 0 Å². The molecule has 0 saturated heterocycles. The summed E-state index contributed by atoms with van der Waals surface area (Å²) in [5, 5.41) is 2.97. The number of hydrogen-bond acceptors (Lipinski definition) is 2. The standard InChI is InChI=1S/C15H22N2OS/c1-6-15(5,13(16)19)14(18)17-12-10(3)7-9(2)8-11(12)4/h7-8H,6H2,1-5H3,(H2,16,19)(H,17,18). The van der Waals surface area contributed by atoms with Crippen LogP contribution in [0.5, 0.6) is 0 Å². The molecule has 0 aliphatic rings. The molecule has 1 rings (SSSR count). The lowest BCUT2D eigenvalue weighted by Gasteiger charge is -2.26. The molecule has 0 bridgehead atoms. The van der Waals surface area contributed by atoms with Crippen LogP contribution in [0.4, 0.5) is 5.69 Å². The number of hydrogen-bond donors (Lipinski definition) is 2. The fraction of sp³-hybridized carbons (Fsp3) is 0.467. The van der Waals surface area contributed by atoms with Gasteiger partial charge < -0.3 is 11.1 Å². The molecule has 0 radical (unpaired) electrons. The van der Waals surface area contributed by atoms with Crippen molar-refractivity contribution in [1.82, 2.24) is 0 Å². The second-order valence-electron chi connectivity index (χ2n) is 5.28. The Morgan fingerprint density at radius 1 is 1.32 bits per heavy atom. The van der Waals surface area contributed by atoms with E-state index in [4.69, 9.17) is 18.0 Å². The Labute approximate surface area is 120 Å². The molecule has 0 aliphatic carbocycles. The molecule has 3 nitrogen and oxygen atoms in total. The van der Waals surface area contributed by atoms with E-state index < -0.39 is 5.41 Å². The average molecular weight is 278 g/mol. The van der Waals surface area contributed by atoms with E-state index in [0.29, 0.717) is 6.42 Å². The zero-order chi connectivity index (χ0) is 14.8. The molecule has 0 aromatic heterocycles. The minimum atomic E-state index is -0.806. The van der Waals surface area contributed by atoms with Crippen molar-refractivity contribution in [3.63, 3.8) is 0 Å². The van der Waals surface area contributed by atoms with Crippen LogP contribution < -0.4 is 11.1 Å². The Bertz CT molecular complexity index is 502. The largest absolute Gasteiger partial charge is 0.392 e. The molecule has 1 atom stereocenters. The molecule has 0 fully saturated rings. The SMILES string of the molecule is CCC(C)(C(=O)Nc1c(C)cc(C)cc1C)C(N)=S. The monoisotopic (exact) mass is 278 g/mol. The summed E-state index contributed by atoms with van der Waals surface area (Å²) in [7, 11) is 0. The summed E-state index contributed by atoms with van der Waals surface area (Å²) in [6, 6.07) is 4.10. The minimum absolute atomic E-state index is 0.141. The van der Waals surface area contributed by atoms with Crippen LogP contribution in [0, 0.1) is 26.2 Å². The maximum absolute atomic E-state index is 12.4. The Kier molecular flexibility index (Phi) is 4.69. The lowest BCUT2D eigenvalue weighted by molar-refractivity contribution is -0.121. The van der Waals surface area contributed by atoms with Crippen molar-refractivity contribution in [3.8, 4) is 0 Å². The summed E-state index contributed by atoms with van der Waals surface area (Å²) in [5.74, 6) is -0.141. The lowest BCUT2D eigenvalue weighted by atomic mass is 9.86.